The number of carbonyl (C=O) groups is 3. The smallest absolute Gasteiger partial charge is 0.306 e. The second-order valence-electron chi connectivity index (χ2n) is 16.0. The number of hydrogen-bond donors (Lipinski definition) is 0. The van der Waals surface area contributed by atoms with Crippen molar-refractivity contribution in [3.63, 3.8) is 0 Å². The second kappa shape index (κ2) is 46.1. The molecule has 0 aromatic heterocycles. The van der Waals surface area contributed by atoms with Gasteiger partial charge in [-0.25, -0.2) is 0 Å². The van der Waals surface area contributed by atoms with Crippen molar-refractivity contribution in [1.82, 2.24) is 0 Å². The molecule has 0 aromatic carbocycles. The van der Waals surface area contributed by atoms with Crippen LogP contribution in [0, 0.1) is 0 Å². The molecule has 57 heavy (non-hydrogen) atoms. The van der Waals surface area contributed by atoms with E-state index < -0.39 is 6.10 Å². The lowest BCUT2D eigenvalue weighted by molar-refractivity contribution is -0.167. The minimum absolute atomic E-state index is 0.0854. The third kappa shape index (κ3) is 44.3. The van der Waals surface area contributed by atoms with Gasteiger partial charge in [0.2, 0.25) is 0 Å². The molecule has 0 heterocycles. The van der Waals surface area contributed by atoms with Crippen molar-refractivity contribution >= 4 is 17.9 Å². The number of esters is 3. The Labute approximate surface area is 352 Å². The number of unbranched alkanes of at least 4 members (excludes halogenated alkanes) is 24. The van der Waals surface area contributed by atoms with Gasteiger partial charge in [0.15, 0.2) is 6.10 Å². The molecule has 0 N–H and O–H groups in total. The maximum absolute atomic E-state index is 12.7. The molecule has 0 saturated heterocycles. The first-order valence-electron chi connectivity index (χ1n) is 24.1. The molecule has 0 rings (SSSR count). The standard InChI is InChI=1S/C51H90O6/c1-4-7-10-13-16-19-22-24-26-28-29-32-35-38-41-44-50(53)56-47-48(46-55-49(52)43-40-37-34-31-21-18-15-12-9-6-3)57-51(54)45-42-39-36-33-30-27-25-23-20-17-14-11-8-5-2/h12,15-16,19,23-26,48H,4-11,13-14,17-18,20-22,27-47H2,1-3H3/b15-12-,19-16-,25-23-,26-24-. The summed E-state index contributed by atoms with van der Waals surface area (Å²) in [6.45, 7) is 6.51. The quantitative estimate of drug-likeness (QED) is 0.0265. The predicted molar refractivity (Wildman–Crippen MR) is 242 cm³/mol. The second-order valence-corrected chi connectivity index (χ2v) is 16.0. The van der Waals surface area contributed by atoms with Crippen LogP contribution in [0.3, 0.4) is 0 Å². The van der Waals surface area contributed by atoms with Crippen molar-refractivity contribution in [2.24, 2.45) is 0 Å². The zero-order valence-electron chi connectivity index (χ0n) is 37.6. The van der Waals surface area contributed by atoms with Crippen LogP contribution < -0.4 is 0 Å². The molecule has 0 amide bonds. The summed E-state index contributed by atoms with van der Waals surface area (Å²) in [7, 11) is 0. The van der Waals surface area contributed by atoms with E-state index in [1.165, 1.54) is 96.3 Å². The van der Waals surface area contributed by atoms with Gasteiger partial charge in [0.25, 0.3) is 0 Å². The number of hydrogen-bond acceptors (Lipinski definition) is 6. The fourth-order valence-electron chi connectivity index (χ4n) is 6.59. The third-order valence-corrected chi connectivity index (χ3v) is 10.3. The zero-order chi connectivity index (χ0) is 41.5. The summed E-state index contributed by atoms with van der Waals surface area (Å²) in [5.74, 6) is -0.917. The molecule has 0 aromatic rings. The molecule has 0 aliphatic carbocycles. The highest BCUT2D eigenvalue weighted by Gasteiger charge is 2.19. The molecule has 0 aliphatic rings. The first-order chi connectivity index (χ1) is 28.0. The molecule has 0 radical (unpaired) electrons. The van der Waals surface area contributed by atoms with Crippen molar-refractivity contribution in [2.75, 3.05) is 13.2 Å². The zero-order valence-corrected chi connectivity index (χ0v) is 37.6. The molecule has 0 bridgehead atoms. The Morgan fingerprint density at radius 2 is 0.667 bits per heavy atom. The number of ether oxygens (including phenoxy) is 3. The van der Waals surface area contributed by atoms with Gasteiger partial charge in [-0.15, -0.1) is 0 Å². The van der Waals surface area contributed by atoms with Gasteiger partial charge in [-0.1, -0.05) is 172 Å². The molecule has 6 heteroatoms. The average Bonchev–Trinajstić information content (AvgIpc) is 3.21. The Bertz CT molecular complexity index is 1010. The summed E-state index contributed by atoms with van der Waals surface area (Å²) in [5.41, 5.74) is 0. The van der Waals surface area contributed by atoms with Crippen molar-refractivity contribution in [2.45, 2.75) is 245 Å². The summed E-state index contributed by atoms with van der Waals surface area (Å²) in [4.78, 5) is 37.8. The molecule has 0 fully saturated rings. The minimum Gasteiger partial charge on any atom is -0.462 e. The van der Waals surface area contributed by atoms with E-state index in [9.17, 15) is 14.4 Å². The molecular formula is C51H90O6. The Morgan fingerprint density at radius 3 is 1.09 bits per heavy atom. The first-order valence-corrected chi connectivity index (χ1v) is 24.1. The molecular weight excluding hydrogens is 709 g/mol. The predicted octanol–water partition coefficient (Wildman–Crippen LogP) is 15.5. The Morgan fingerprint density at radius 1 is 0.351 bits per heavy atom. The van der Waals surface area contributed by atoms with E-state index in [-0.39, 0.29) is 31.1 Å². The lowest BCUT2D eigenvalue weighted by Crippen LogP contribution is -2.30. The highest BCUT2D eigenvalue weighted by molar-refractivity contribution is 5.71. The molecule has 0 saturated carbocycles. The Kier molecular flexibility index (Phi) is 43.9. The number of allylic oxidation sites excluding steroid dienone is 8. The molecule has 0 aliphatic heterocycles. The normalized spacial score (nSPS) is 12.4. The summed E-state index contributed by atoms with van der Waals surface area (Å²) < 4.78 is 16.7. The van der Waals surface area contributed by atoms with Gasteiger partial charge in [-0.2, -0.15) is 0 Å². The molecule has 6 nitrogen and oxygen atoms in total. The summed E-state index contributed by atoms with van der Waals surface area (Å²) >= 11 is 0. The van der Waals surface area contributed by atoms with E-state index in [1.54, 1.807) is 0 Å². The van der Waals surface area contributed by atoms with E-state index in [1.807, 2.05) is 0 Å². The van der Waals surface area contributed by atoms with Gasteiger partial charge in [0.1, 0.15) is 13.2 Å². The fraction of sp³-hybridized carbons (Fsp3) is 0.784. The molecule has 1 atom stereocenters. The number of carbonyl (C=O) groups excluding carboxylic acids is 3. The van der Waals surface area contributed by atoms with Gasteiger partial charge >= 0.3 is 17.9 Å². The van der Waals surface area contributed by atoms with Crippen LogP contribution in [0.5, 0.6) is 0 Å². The summed E-state index contributed by atoms with van der Waals surface area (Å²) in [5, 5.41) is 0. The Hall–Kier alpha value is -2.63. The largest absolute Gasteiger partial charge is 0.462 e. The molecule has 1 unspecified atom stereocenters. The maximum Gasteiger partial charge on any atom is 0.306 e. The van der Waals surface area contributed by atoms with Gasteiger partial charge < -0.3 is 14.2 Å². The van der Waals surface area contributed by atoms with Crippen molar-refractivity contribution in [1.29, 1.82) is 0 Å². The first kappa shape index (κ1) is 54.4. The maximum atomic E-state index is 12.7. The Balaban J connectivity index is 4.40. The van der Waals surface area contributed by atoms with Crippen molar-refractivity contribution < 1.29 is 28.6 Å². The highest BCUT2D eigenvalue weighted by atomic mass is 16.6. The van der Waals surface area contributed by atoms with Crippen molar-refractivity contribution in [3.8, 4) is 0 Å². The SMILES string of the molecule is CCC/C=C\CCCCCCCC(=O)OCC(COC(=O)CCCCCCC/C=C\C/C=C\CCCCC)OC(=O)CCCCCCC/C=C\CCCCCCC. The monoisotopic (exact) mass is 799 g/mol. The summed E-state index contributed by atoms with van der Waals surface area (Å²) in [6.07, 6.45) is 53.7. The molecule has 0 spiro atoms. The van der Waals surface area contributed by atoms with E-state index in [0.29, 0.717) is 19.3 Å². The topological polar surface area (TPSA) is 78.9 Å². The van der Waals surface area contributed by atoms with Crippen LogP contribution in [-0.2, 0) is 28.6 Å². The van der Waals surface area contributed by atoms with Gasteiger partial charge in [-0.05, 0) is 96.3 Å². The minimum atomic E-state index is -0.783. The van der Waals surface area contributed by atoms with E-state index in [4.69, 9.17) is 14.2 Å². The van der Waals surface area contributed by atoms with Crippen LogP contribution in [0.1, 0.15) is 239 Å². The van der Waals surface area contributed by atoms with Crippen LogP contribution >= 0.6 is 0 Å². The third-order valence-electron chi connectivity index (χ3n) is 10.3. The fourth-order valence-corrected chi connectivity index (χ4v) is 6.59. The highest BCUT2D eigenvalue weighted by Crippen LogP contribution is 2.13. The van der Waals surface area contributed by atoms with Crippen LogP contribution in [0.25, 0.3) is 0 Å². The lowest BCUT2D eigenvalue weighted by Gasteiger charge is -2.18. The van der Waals surface area contributed by atoms with Crippen LogP contribution in [0.4, 0.5) is 0 Å². The van der Waals surface area contributed by atoms with Gasteiger partial charge in [-0.3, -0.25) is 14.4 Å². The summed E-state index contributed by atoms with van der Waals surface area (Å²) in [6, 6.07) is 0. The van der Waals surface area contributed by atoms with Crippen LogP contribution in [0.15, 0.2) is 48.6 Å². The number of rotatable bonds is 43. The van der Waals surface area contributed by atoms with Crippen molar-refractivity contribution in [3.05, 3.63) is 48.6 Å². The van der Waals surface area contributed by atoms with Gasteiger partial charge in [0, 0.05) is 19.3 Å². The van der Waals surface area contributed by atoms with E-state index in [2.05, 4.69) is 69.4 Å². The van der Waals surface area contributed by atoms with Crippen LogP contribution in [0.2, 0.25) is 0 Å². The average molecular weight is 799 g/mol. The molecule has 330 valence electrons. The van der Waals surface area contributed by atoms with Crippen LogP contribution in [-0.4, -0.2) is 37.2 Å². The van der Waals surface area contributed by atoms with E-state index in [0.717, 1.165) is 103 Å². The van der Waals surface area contributed by atoms with E-state index >= 15 is 0 Å². The van der Waals surface area contributed by atoms with Gasteiger partial charge in [0.05, 0.1) is 0 Å². The lowest BCUT2D eigenvalue weighted by atomic mass is 10.1.